The van der Waals surface area contributed by atoms with Gasteiger partial charge in [-0.1, -0.05) is 55.5 Å². The maximum absolute atomic E-state index is 13.1. The molecule has 4 nitrogen and oxygen atoms in total. The van der Waals surface area contributed by atoms with Crippen LogP contribution in [-0.2, 0) is 6.42 Å². The van der Waals surface area contributed by atoms with Crippen LogP contribution >= 0.6 is 0 Å². The highest BCUT2D eigenvalue weighted by molar-refractivity contribution is 5.97. The van der Waals surface area contributed by atoms with Gasteiger partial charge in [-0.2, -0.15) is 0 Å². The Morgan fingerprint density at radius 1 is 1.00 bits per heavy atom. The molecule has 25 heavy (non-hydrogen) atoms. The van der Waals surface area contributed by atoms with Gasteiger partial charge in [0.2, 0.25) is 0 Å². The highest BCUT2D eigenvalue weighted by atomic mass is 16.3. The Balaban J connectivity index is 2.52. The minimum Gasteiger partial charge on any atom is -0.507 e. The molecule has 0 saturated carbocycles. The predicted molar refractivity (Wildman–Crippen MR) is 98.5 cm³/mol. The number of carbonyl (C=O) groups is 1. The second-order valence-electron chi connectivity index (χ2n) is 5.80. The van der Waals surface area contributed by atoms with Crippen LogP contribution in [0.1, 0.15) is 29.8 Å². The molecule has 0 fully saturated rings. The van der Waals surface area contributed by atoms with E-state index in [4.69, 9.17) is 0 Å². The Bertz CT molecular complexity index is 974. The normalized spacial score (nSPS) is 10.6. The first kappa shape index (κ1) is 16.7. The largest absolute Gasteiger partial charge is 0.507 e. The third kappa shape index (κ3) is 2.87. The molecule has 126 valence electrons. The molecule has 0 aliphatic heterocycles. The van der Waals surface area contributed by atoms with Crippen LogP contribution in [0, 0.1) is 0 Å². The summed E-state index contributed by atoms with van der Waals surface area (Å²) in [5.74, 6) is -0.660. The smallest absolute Gasteiger partial charge is 0.270 e. The van der Waals surface area contributed by atoms with E-state index in [2.05, 4.69) is 0 Å². The number of ketones is 1. The molecule has 1 heterocycles. The van der Waals surface area contributed by atoms with E-state index in [-0.39, 0.29) is 11.3 Å². The van der Waals surface area contributed by atoms with Gasteiger partial charge in [0.05, 0.1) is 5.69 Å². The zero-order chi connectivity index (χ0) is 18.0. The van der Waals surface area contributed by atoms with E-state index in [0.717, 1.165) is 5.56 Å². The molecule has 1 N–H and O–H groups in total. The van der Waals surface area contributed by atoms with Gasteiger partial charge in [-0.15, -0.1) is 0 Å². The monoisotopic (exact) mass is 333 g/mol. The fourth-order valence-electron chi connectivity index (χ4n) is 3.09. The van der Waals surface area contributed by atoms with Crippen molar-refractivity contribution in [1.29, 1.82) is 0 Å². The molecule has 0 amide bonds. The lowest BCUT2D eigenvalue weighted by Gasteiger charge is -2.20. The summed E-state index contributed by atoms with van der Waals surface area (Å²) in [5.41, 5.74) is 1.99. The lowest BCUT2D eigenvalue weighted by molar-refractivity contribution is 0.101. The first-order valence-corrected chi connectivity index (χ1v) is 8.18. The van der Waals surface area contributed by atoms with E-state index < -0.39 is 11.3 Å². The summed E-state index contributed by atoms with van der Waals surface area (Å²) in [6, 6.07) is 18.6. The molecule has 1 aromatic heterocycles. The summed E-state index contributed by atoms with van der Waals surface area (Å²) < 4.78 is 1.52. The van der Waals surface area contributed by atoms with Gasteiger partial charge >= 0.3 is 0 Å². The van der Waals surface area contributed by atoms with Crippen molar-refractivity contribution in [3.8, 4) is 22.7 Å². The Labute approximate surface area is 146 Å². The van der Waals surface area contributed by atoms with E-state index in [9.17, 15) is 14.7 Å². The zero-order valence-electron chi connectivity index (χ0n) is 14.2. The first-order chi connectivity index (χ1) is 12.1. The molecule has 3 aromatic rings. The Hall–Kier alpha value is -3.14. The average Bonchev–Trinajstić information content (AvgIpc) is 2.62. The highest BCUT2D eigenvalue weighted by Gasteiger charge is 2.24. The van der Waals surface area contributed by atoms with Gasteiger partial charge in [0.15, 0.2) is 5.78 Å². The van der Waals surface area contributed by atoms with Crippen LogP contribution in [0.4, 0.5) is 0 Å². The molecule has 4 heteroatoms. The molecule has 0 aliphatic rings. The minimum atomic E-state index is -0.507. The van der Waals surface area contributed by atoms with Gasteiger partial charge < -0.3 is 5.11 Å². The van der Waals surface area contributed by atoms with Crippen molar-refractivity contribution in [3.05, 3.63) is 82.1 Å². The van der Waals surface area contributed by atoms with Crippen molar-refractivity contribution in [2.45, 2.75) is 20.3 Å². The molecule has 3 rings (SSSR count). The third-order valence-corrected chi connectivity index (χ3v) is 4.22. The molecule has 0 saturated heterocycles. The highest BCUT2D eigenvalue weighted by Crippen LogP contribution is 2.33. The number of hydrogen-bond acceptors (Lipinski definition) is 3. The quantitative estimate of drug-likeness (QED) is 0.735. The standard InChI is InChI=1S/C21H19NO3/c1-3-17-19(15-10-6-4-7-11-15)22(16-12-8-5-9-13-16)21(25)18(14(2)23)20(17)24/h4-13,24H,3H2,1-2H3. The second kappa shape index (κ2) is 6.77. The topological polar surface area (TPSA) is 59.3 Å². The summed E-state index contributed by atoms with van der Waals surface area (Å²) in [4.78, 5) is 25.1. The van der Waals surface area contributed by atoms with Crippen LogP contribution in [0.3, 0.4) is 0 Å². The van der Waals surface area contributed by atoms with E-state index >= 15 is 0 Å². The van der Waals surface area contributed by atoms with Gasteiger partial charge in [-0.3, -0.25) is 14.2 Å². The summed E-state index contributed by atoms with van der Waals surface area (Å²) in [7, 11) is 0. The van der Waals surface area contributed by atoms with Gasteiger partial charge in [-0.25, -0.2) is 0 Å². The van der Waals surface area contributed by atoms with Crippen molar-refractivity contribution >= 4 is 5.78 Å². The summed E-state index contributed by atoms with van der Waals surface area (Å²) in [6.45, 7) is 3.19. The maximum atomic E-state index is 13.1. The summed E-state index contributed by atoms with van der Waals surface area (Å²) in [5, 5.41) is 10.6. The first-order valence-electron chi connectivity index (χ1n) is 8.18. The number of para-hydroxylation sites is 1. The number of benzene rings is 2. The van der Waals surface area contributed by atoms with Crippen LogP contribution in [0.15, 0.2) is 65.5 Å². The van der Waals surface area contributed by atoms with Gasteiger partial charge in [0.1, 0.15) is 11.3 Å². The fraction of sp³-hybridized carbons (Fsp3) is 0.143. The molecule has 0 aliphatic carbocycles. The maximum Gasteiger partial charge on any atom is 0.270 e. The Kier molecular flexibility index (Phi) is 4.52. The lowest BCUT2D eigenvalue weighted by Crippen LogP contribution is -2.27. The lowest BCUT2D eigenvalue weighted by atomic mass is 9.98. The van der Waals surface area contributed by atoms with Gasteiger partial charge in [-0.05, 0) is 31.0 Å². The van der Waals surface area contributed by atoms with Crippen molar-refractivity contribution in [3.63, 3.8) is 0 Å². The fourth-order valence-corrected chi connectivity index (χ4v) is 3.09. The van der Waals surface area contributed by atoms with Crippen LogP contribution in [0.5, 0.6) is 5.75 Å². The van der Waals surface area contributed by atoms with E-state index in [1.807, 2.05) is 67.6 Å². The summed E-state index contributed by atoms with van der Waals surface area (Å²) in [6.07, 6.45) is 0.490. The van der Waals surface area contributed by atoms with Crippen LogP contribution < -0.4 is 5.56 Å². The second-order valence-corrected chi connectivity index (χ2v) is 5.80. The van der Waals surface area contributed by atoms with Crippen molar-refractivity contribution in [2.75, 3.05) is 0 Å². The number of pyridine rings is 1. The van der Waals surface area contributed by atoms with Crippen LogP contribution in [0.25, 0.3) is 16.9 Å². The molecule has 0 bridgehead atoms. The molecule has 0 atom stereocenters. The van der Waals surface area contributed by atoms with E-state index in [0.29, 0.717) is 23.4 Å². The van der Waals surface area contributed by atoms with E-state index in [1.165, 1.54) is 11.5 Å². The molecule has 0 unspecified atom stereocenters. The molecule has 0 radical (unpaired) electrons. The molecular weight excluding hydrogens is 314 g/mol. The van der Waals surface area contributed by atoms with Crippen LogP contribution in [0.2, 0.25) is 0 Å². The molecule has 0 spiro atoms. The number of Topliss-reactive ketones (excluding diaryl/α,β-unsaturated/α-hetero) is 1. The number of rotatable bonds is 4. The van der Waals surface area contributed by atoms with Gasteiger partial charge in [0, 0.05) is 11.3 Å². The van der Waals surface area contributed by atoms with Crippen molar-refractivity contribution in [2.24, 2.45) is 0 Å². The molecular formula is C21H19NO3. The van der Waals surface area contributed by atoms with Crippen LogP contribution in [-0.4, -0.2) is 15.5 Å². The van der Waals surface area contributed by atoms with Crippen molar-refractivity contribution in [1.82, 2.24) is 4.57 Å². The van der Waals surface area contributed by atoms with E-state index in [1.54, 1.807) is 0 Å². The Morgan fingerprint density at radius 2 is 1.56 bits per heavy atom. The Morgan fingerprint density at radius 3 is 2.08 bits per heavy atom. The zero-order valence-corrected chi connectivity index (χ0v) is 14.2. The predicted octanol–water partition coefficient (Wildman–Crippen LogP) is 3.98. The number of aromatic hydroxyl groups is 1. The summed E-state index contributed by atoms with van der Waals surface area (Å²) >= 11 is 0. The SMILES string of the molecule is CCc1c(O)c(C(C)=O)c(=O)n(-c2ccccc2)c1-c1ccccc1. The van der Waals surface area contributed by atoms with Gasteiger partial charge in [0.25, 0.3) is 5.56 Å². The number of aromatic nitrogens is 1. The number of nitrogens with zero attached hydrogens (tertiary/aromatic N) is 1. The minimum absolute atomic E-state index is 0.166. The van der Waals surface area contributed by atoms with Crippen molar-refractivity contribution < 1.29 is 9.90 Å². The number of carbonyl (C=O) groups excluding carboxylic acids is 1. The third-order valence-electron chi connectivity index (χ3n) is 4.22. The average molecular weight is 333 g/mol. The molecule has 2 aromatic carbocycles. The number of hydrogen-bond donors (Lipinski definition) is 1.